The van der Waals surface area contributed by atoms with E-state index in [0.717, 1.165) is 15.6 Å². The molecule has 1 amide bonds. The highest BCUT2D eigenvalue weighted by Crippen LogP contribution is 2.24. The maximum Gasteiger partial charge on any atom is 0.264 e. The third kappa shape index (κ3) is 6.33. The zero-order valence-electron chi connectivity index (χ0n) is 18.3. The van der Waals surface area contributed by atoms with E-state index in [0.29, 0.717) is 18.0 Å². The fourth-order valence-electron chi connectivity index (χ4n) is 2.95. The predicted molar refractivity (Wildman–Crippen MR) is 127 cm³/mol. The maximum absolute atomic E-state index is 13.3. The van der Waals surface area contributed by atoms with Gasteiger partial charge in [-0.25, -0.2) is 13.8 Å². The molecule has 0 aliphatic rings. The molecule has 0 radical (unpaired) electrons. The molecule has 3 aromatic rings. The van der Waals surface area contributed by atoms with Gasteiger partial charge in [0.25, 0.3) is 15.9 Å². The first kappa shape index (κ1) is 23.8. The number of nitrogens with one attached hydrogen (secondary N) is 1. The van der Waals surface area contributed by atoms with E-state index in [9.17, 15) is 13.2 Å². The third-order valence-corrected chi connectivity index (χ3v) is 6.36. The molecule has 0 saturated carbocycles. The highest BCUT2D eigenvalue weighted by molar-refractivity contribution is 7.92. The highest BCUT2D eigenvalue weighted by Gasteiger charge is 2.27. The van der Waals surface area contributed by atoms with E-state index >= 15 is 0 Å². The summed E-state index contributed by atoms with van der Waals surface area (Å²) in [4.78, 5) is 12.6. The Kier molecular flexibility index (Phi) is 8.04. The summed E-state index contributed by atoms with van der Waals surface area (Å²) in [6.07, 6.45) is 1.47. The summed E-state index contributed by atoms with van der Waals surface area (Å²) in [6.45, 7) is 2.03. The topological polar surface area (TPSA) is 97.3 Å². The van der Waals surface area contributed by atoms with Crippen LogP contribution in [0.3, 0.4) is 0 Å². The van der Waals surface area contributed by atoms with Gasteiger partial charge in [0.2, 0.25) is 0 Å². The van der Waals surface area contributed by atoms with Gasteiger partial charge in [-0.05, 0) is 73.2 Å². The van der Waals surface area contributed by atoms with Crippen molar-refractivity contribution < 1.29 is 22.7 Å². The Labute approximate surface area is 193 Å². The molecule has 172 valence electrons. The summed E-state index contributed by atoms with van der Waals surface area (Å²) in [6, 6.07) is 21.6. The fourth-order valence-corrected chi connectivity index (χ4v) is 4.37. The molecular formula is C24H25N3O5S. The molecule has 0 spiro atoms. The molecule has 0 aromatic heterocycles. The van der Waals surface area contributed by atoms with E-state index in [1.807, 2.05) is 6.92 Å². The van der Waals surface area contributed by atoms with E-state index in [1.165, 1.54) is 25.5 Å². The van der Waals surface area contributed by atoms with Gasteiger partial charge < -0.3 is 9.47 Å². The normalized spacial score (nSPS) is 11.2. The van der Waals surface area contributed by atoms with Crippen molar-refractivity contribution in [3.05, 3.63) is 84.4 Å². The Hall–Kier alpha value is -3.85. The molecule has 0 heterocycles. The lowest BCUT2D eigenvalue weighted by Crippen LogP contribution is -2.39. The van der Waals surface area contributed by atoms with Gasteiger partial charge >= 0.3 is 0 Å². The average Bonchev–Trinajstić information content (AvgIpc) is 2.84. The maximum atomic E-state index is 13.3. The Morgan fingerprint density at radius 3 is 2.21 bits per heavy atom. The lowest BCUT2D eigenvalue weighted by atomic mass is 10.2. The second-order valence-electron chi connectivity index (χ2n) is 6.82. The van der Waals surface area contributed by atoms with E-state index in [4.69, 9.17) is 9.47 Å². The number of benzene rings is 3. The van der Waals surface area contributed by atoms with Gasteiger partial charge in [-0.15, -0.1) is 0 Å². The molecule has 9 heteroatoms. The Bertz CT molecular complexity index is 1180. The standard InChI is InChI=1S/C24H25N3O5S/c1-3-32-22-11-9-19(10-12-22)17-25-26-24(28)18-27(20-7-5-4-6-8-20)33(29,30)23-15-13-21(31-2)14-16-23/h4-17H,3,18H2,1-2H3,(H,26,28)/b25-17-. The van der Waals surface area contributed by atoms with Gasteiger partial charge in [-0.2, -0.15) is 5.10 Å². The van der Waals surface area contributed by atoms with Crippen LogP contribution in [0.15, 0.2) is 88.9 Å². The van der Waals surface area contributed by atoms with Crippen LogP contribution in [0.2, 0.25) is 0 Å². The quantitative estimate of drug-likeness (QED) is 0.364. The van der Waals surface area contributed by atoms with Gasteiger partial charge in [0, 0.05) is 0 Å². The van der Waals surface area contributed by atoms with Crippen LogP contribution in [0.5, 0.6) is 11.5 Å². The molecule has 3 aromatic carbocycles. The van der Waals surface area contributed by atoms with Crippen molar-refractivity contribution in [3.63, 3.8) is 0 Å². The summed E-state index contributed by atoms with van der Waals surface area (Å²) in [7, 11) is -2.51. The SMILES string of the molecule is CCOc1ccc(/C=N\NC(=O)CN(c2ccccc2)S(=O)(=O)c2ccc(OC)cc2)cc1. The van der Waals surface area contributed by atoms with Crippen molar-refractivity contribution in [2.24, 2.45) is 5.10 Å². The van der Waals surface area contributed by atoms with Crippen LogP contribution in [0.1, 0.15) is 12.5 Å². The van der Waals surface area contributed by atoms with Crippen LogP contribution in [-0.2, 0) is 14.8 Å². The number of anilines is 1. The molecule has 8 nitrogen and oxygen atoms in total. The zero-order chi connectivity index (χ0) is 23.7. The molecule has 0 bridgehead atoms. The second-order valence-corrected chi connectivity index (χ2v) is 8.68. The van der Waals surface area contributed by atoms with Crippen LogP contribution in [-0.4, -0.2) is 40.8 Å². The van der Waals surface area contributed by atoms with Crippen molar-refractivity contribution in [1.29, 1.82) is 0 Å². The largest absolute Gasteiger partial charge is 0.497 e. The van der Waals surface area contributed by atoms with Crippen LogP contribution in [0.4, 0.5) is 5.69 Å². The summed E-state index contributed by atoms with van der Waals surface area (Å²) in [5, 5.41) is 3.94. The second kappa shape index (κ2) is 11.1. The minimum atomic E-state index is -4.01. The molecule has 0 unspecified atom stereocenters. The number of para-hydroxylation sites is 1. The van der Waals surface area contributed by atoms with Crippen LogP contribution < -0.4 is 19.2 Å². The van der Waals surface area contributed by atoms with Crippen molar-refractivity contribution in [3.8, 4) is 11.5 Å². The van der Waals surface area contributed by atoms with Crippen molar-refractivity contribution in [2.75, 3.05) is 24.6 Å². The van der Waals surface area contributed by atoms with Crippen LogP contribution in [0.25, 0.3) is 0 Å². The number of hydrogen-bond donors (Lipinski definition) is 1. The van der Waals surface area contributed by atoms with E-state index < -0.39 is 22.5 Å². The van der Waals surface area contributed by atoms with Crippen molar-refractivity contribution in [2.45, 2.75) is 11.8 Å². The molecule has 0 saturated heterocycles. The Balaban J connectivity index is 1.75. The zero-order valence-corrected chi connectivity index (χ0v) is 19.2. The van der Waals surface area contributed by atoms with Crippen molar-refractivity contribution in [1.82, 2.24) is 5.43 Å². The molecule has 1 N–H and O–H groups in total. The summed E-state index contributed by atoms with van der Waals surface area (Å²) in [5.74, 6) is 0.681. The number of amides is 1. The lowest BCUT2D eigenvalue weighted by molar-refractivity contribution is -0.119. The number of carbonyl (C=O) groups excluding carboxylic acids is 1. The monoisotopic (exact) mass is 467 g/mol. The fraction of sp³-hybridized carbons (Fsp3) is 0.167. The minimum Gasteiger partial charge on any atom is -0.497 e. The summed E-state index contributed by atoms with van der Waals surface area (Å²) >= 11 is 0. The first-order valence-electron chi connectivity index (χ1n) is 10.2. The van der Waals surface area contributed by atoms with Gasteiger partial charge in [0.1, 0.15) is 18.0 Å². The first-order valence-corrected chi connectivity index (χ1v) is 11.6. The predicted octanol–water partition coefficient (Wildman–Crippen LogP) is 3.44. The lowest BCUT2D eigenvalue weighted by Gasteiger charge is -2.23. The number of hydrazone groups is 1. The van der Waals surface area contributed by atoms with Gasteiger partial charge in [0.05, 0.1) is 30.5 Å². The number of rotatable bonds is 10. The van der Waals surface area contributed by atoms with Crippen molar-refractivity contribution >= 4 is 27.8 Å². The first-order chi connectivity index (χ1) is 15.9. The molecule has 0 aliphatic heterocycles. The molecule has 3 rings (SSSR count). The highest BCUT2D eigenvalue weighted by atomic mass is 32.2. The smallest absolute Gasteiger partial charge is 0.264 e. The number of ether oxygens (including phenoxy) is 2. The number of hydrogen-bond acceptors (Lipinski definition) is 6. The summed E-state index contributed by atoms with van der Waals surface area (Å²) in [5.41, 5.74) is 3.50. The number of sulfonamides is 1. The number of nitrogens with zero attached hydrogens (tertiary/aromatic N) is 2. The number of carbonyl (C=O) groups is 1. The van der Waals surface area contributed by atoms with E-state index in [2.05, 4.69) is 10.5 Å². The van der Waals surface area contributed by atoms with E-state index in [1.54, 1.807) is 66.7 Å². The molecular weight excluding hydrogens is 442 g/mol. The molecule has 0 atom stereocenters. The average molecular weight is 468 g/mol. The third-order valence-electron chi connectivity index (χ3n) is 4.57. The van der Waals surface area contributed by atoms with Gasteiger partial charge in [-0.1, -0.05) is 18.2 Å². The Morgan fingerprint density at radius 1 is 0.970 bits per heavy atom. The van der Waals surface area contributed by atoms with Crippen LogP contribution >= 0.6 is 0 Å². The molecule has 33 heavy (non-hydrogen) atoms. The van der Waals surface area contributed by atoms with Gasteiger partial charge in [0.15, 0.2) is 0 Å². The minimum absolute atomic E-state index is 0.0397. The summed E-state index contributed by atoms with van der Waals surface area (Å²) < 4.78 is 38.1. The van der Waals surface area contributed by atoms with Crippen LogP contribution in [0, 0.1) is 0 Å². The molecule has 0 aliphatic carbocycles. The van der Waals surface area contributed by atoms with E-state index in [-0.39, 0.29) is 4.90 Å². The number of methoxy groups -OCH3 is 1. The Morgan fingerprint density at radius 2 is 1.61 bits per heavy atom. The van der Waals surface area contributed by atoms with Gasteiger partial charge in [-0.3, -0.25) is 9.10 Å². The molecule has 0 fully saturated rings.